The molecule has 2 aromatic rings. The van der Waals surface area contributed by atoms with Gasteiger partial charge >= 0.3 is 0 Å². The highest BCUT2D eigenvalue weighted by molar-refractivity contribution is 7.83. The number of benzene rings is 2. The van der Waals surface area contributed by atoms with Gasteiger partial charge in [0.1, 0.15) is 27.4 Å². The average molecular weight is 251 g/mol. The summed E-state index contributed by atoms with van der Waals surface area (Å²) in [6.45, 7) is 0. The van der Waals surface area contributed by atoms with Gasteiger partial charge in [-0.25, -0.2) is 9.35 Å². The molecule has 0 aliphatic heterocycles. The Bertz CT molecular complexity index is 583. The molecule has 0 fully saturated rings. The molecule has 2 rings (SSSR count). The second-order valence-corrected chi connectivity index (χ2v) is 4.48. The van der Waals surface area contributed by atoms with Crippen LogP contribution < -0.4 is 14.6 Å². The first-order valence-corrected chi connectivity index (χ1v) is 6.19. The van der Waals surface area contributed by atoms with Gasteiger partial charge in [-0.3, -0.25) is 0 Å². The van der Waals surface area contributed by atoms with E-state index in [4.69, 9.17) is 14.6 Å². The fourth-order valence-electron chi connectivity index (χ4n) is 1.75. The summed E-state index contributed by atoms with van der Waals surface area (Å²) in [4.78, 5) is 0.507. The number of nitrogens with two attached hydrogens (primary N) is 1. The molecule has 0 aromatic heterocycles. The van der Waals surface area contributed by atoms with Crippen LogP contribution in [0.1, 0.15) is 0 Å². The Kier molecular flexibility index (Phi) is 3.31. The van der Waals surface area contributed by atoms with E-state index in [1.54, 1.807) is 19.2 Å². The lowest BCUT2D eigenvalue weighted by molar-refractivity contribution is 0.405. The maximum Gasteiger partial charge on any atom is 0.136 e. The molecule has 17 heavy (non-hydrogen) atoms. The van der Waals surface area contributed by atoms with Gasteiger partial charge < -0.3 is 9.47 Å². The smallest absolute Gasteiger partial charge is 0.136 e. The third kappa shape index (κ3) is 2.11. The standard InChI is InChI=1S/C12H13NO3S/c1-15-9-4-5-10-8(7-9)3-6-11(16-2)12(10)17(13)14/h3-7H,13H2,1-2H3. The van der Waals surface area contributed by atoms with E-state index in [-0.39, 0.29) is 0 Å². The molecule has 0 saturated heterocycles. The molecule has 90 valence electrons. The lowest BCUT2D eigenvalue weighted by atomic mass is 10.1. The second-order valence-electron chi connectivity index (χ2n) is 3.48. The van der Waals surface area contributed by atoms with Crippen LogP contribution in [-0.4, -0.2) is 18.4 Å². The van der Waals surface area contributed by atoms with Gasteiger partial charge in [-0.2, -0.15) is 0 Å². The first kappa shape index (κ1) is 11.9. The van der Waals surface area contributed by atoms with Crippen LogP contribution in [0.15, 0.2) is 35.2 Å². The Morgan fingerprint density at radius 1 is 1.12 bits per heavy atom. The van der Waals surface area contributed by atoms with E-state index < -0.39 is 11.0 Å². The molecule has 4 nitrogen and oxygen atoms in total. The molecule has 0 radical (unpaired) electrons. The molecule has 1 unspecified atom stereocenters. The topological polar surface area (TPSA) is 61.5 Å². The van der Waals surface area contributed by atoms with Gasteiger partial charge in [0.15, 0.2) is 0 Å². The molecular weight excluding hydrogens is 238 g/mol. The van der Waals surface area contributed by atoms with Gasteiger partial charge in [0.2, 0.25) is 0 Å². The Labute approximate surface area is 102 Å². The van der Waals surface area contributed by atoms with Gasteiger partial charge in [-0.05, 0) is 29.7 Å². The molecule has 5 heteroatoms. The van der Waals surface area contributed by atoms with Crippen molar-refractivity contribution in [1.29, 1.82) is 0 Å². The summed E-state index contributed by atoms with van der Waals surface area (Å²) < 4.78 is 21.9. The molecular formula is C12H13NO3S. The van der Waals surface area contributed by atoms with Crippen LogP contribution in [-0.2, 0) is 11.0 Å². The van der Waals surface area contributed by atoms with Crippen molar-refractivity contribution in [1.82, 2.24) is 0 Å². The van der Waals surface area contributed by atoms with Gasteiger partial charge in [0, 0.05) is 5.39 Å². The molecule has 2 N–H and O–H groups in total. The molecule has 0 amide bonds. The predicted molar refractivity (Wildman–Crippen MR) is 67.6 cm³/mol. The van der Waals surface area contributed by atoms with Crippen molar-refractivity contribution >= 4 is 21.8 Å². The maximum atomic E-state index is 11.6. The highest BCUT2D eigenvalue weighted by Crippen LogP contribution is 2.31. The quantitative estimate of drug-likeness (QED) is 0.905. The highest BCUT2D eigenvalue weighted by Gasteiger charge is 2.12. The number of hydrogen-bond donors (Lipinski definition) is 1. The minimum absolute atomic E-state index is 0.507. The second kappa shape index (κ2) is 4.73. The third-order valence-electron chi connectivity index (χ3n) is 2.56. The van der Waals surface area contributed by atoms with Crippen molar-refractivity contribution in [3.05, 3.63) is 30.3 Å². The van der Waals surface area contributed by atoms with E-state index in [0.717, 1.165) is 16.5 Å². The SMILES string of the molecule is COc1ccc2c(S(N)=O)c(OC)ccc2c1. The number of ether oxygens (including phenoxy) is 2. The lowest BCUT2D eigenvalue weighted by Gasteiger charge is -2.10. The van der Waals surface area contributed by atoms with E-state index >= 15 is 0 Å². The summed E-state index contributed by atoms with van der Waals surface area (Å²) in [7, 11) is 1.54. The summed E-state index contributed by atoms with van der Waals surface area (Å²) in [5.41, 5.74) is 0. The summed E-state index contributed by atoms with van der Waals surface area (Å²) in [5.74, 6) is 1.28. The normalized spacial score (nSPS) is 12.4. The average Bonchev–Trinajstić information content (AvgIpc) is 2.36. The van der Waals surface area contributed by atoms with Crippen molar-refractivity contribution in [3.63, 3.8) is 0 Å². The Hall–Kier alpha value is -1.59. The Morgan fingerprint density at radius 2 is 1.88 bits per heavy atom. The lowest BCUT2D eigenvalue weighted by Crippen LogP contribution is -2.05. The molecule has 0 aliphatic carbocycles. The number of fused-ring (bicyclic) bond motifs is 1. The van der Waals surface area contributed by atoms with Crippen LogP contribution in [0.5, 0.6) is 11.5 Å². The van der Waals surface area contributed by atoms with E-state index in [0.29, 0.717) is 10.6 Å². The number of rotatable bonds is 3. The van der Waals surface area contributed by atoms with Crippen molar-refractivity contribution in [2.24, 2.45) is 5.14 Å². The van der Waals surface area contributed by atoms with Crippen LogP contribution in [0.3, 0.4) is 0 Å². The zero-order valence-electron chi connectivity index (χ0n) is 9.60. The maximum absolute atomic E-state index is 11.6. The fraction of sp³-hybridized carbons (Fsp3) is 0.167. The minimum Gasteiger partial charge on any atom is -0.497 e. The van der Waals surface area contributed by atoms with Crippen LogP contribution in [0.2, 0.25) is 0 Å². The summed E-state index contributed by atoms with van der Waals surface area (Å²) in [6.07, 6.45) is 0. The molecule has 2 aromatic carbocycles. The predicted octanol–water partition coefficient (Wildman–Crippen LogP) is 1.84. The zero-order chi connectivity index (χ0) is 12.4. The van der Waals surface area contributed by atoms with Gasteiger partial charge in [0.05, 0.1) is 14.2 Å². The first-order chi connectivity index (χ1) is 8.17. The van der Waals surface area contributed by atoms with Crippen LogP contribution in [0.25, 0.3) is 10.8 Å². The molecule has 1 atom stereocenters. The van der Waals surface area contributed by atoms with Crippen molar-refractivity contribution < 1.29 is 13.7 Å². The molecule has 0 heterocycles. The van der Waals surface area contributed by atoms with Crippen LogP contribution >= 0.6 is 0 Å². The van der Waals surface area contributed by atoms with Crippen LogP contribution in [0, 0.1) is 0 Å². The van der Waals surface area contributed by atoms with Gasteiger partial charge in [-0.1, -0.05) is 6.07 Å². The summed E-state index contributed by atoms with van der Waals surface area (Å²) in [5, 5.41) is 7.21. The van der Waals surface area contributed by atoms with Gasteiger partial charge in [0.25, 0.3) is 0 Å². The zero-order valence-corrected chi connectivity index (χ0v) is 10.4. The van der Waals surface area contributed by atoms with Crippen molar-refractivity contribution in [3.8, 4) is 11.5 Å². The molecule has 0 aliphatic rings. The molecule has 0 spiro atoms. The molecule has 0 bridgehead atoms. The number of hydrogen-bond acceptors (Lipinski definition) is 3. The minimum atomic E-state index is -1.59. The highest BCUT2D eigenvalue weighted by atomic mass is 32.2. The Morgan fingerprint density at radius 3 is 2.47 bits per heavy atom. The van der Waals surface area contributed by atoms with Crippen molar-refractivity contribution in [2.45, 2.75) is 4.90 Å². The van der Waals surface area contributed by atoms with E-state index in [1.807, 2.05) is 18.2 Å². The fourth-order valence-corrected chi connectivity index (χ4v) is 2.51. The summed E-state index contributed by atoms with van der Waals surface area (Å²) in [6, 6.07) is 9.13. The van der Waals surface area contributed by atoms with E-state index in [1.165, 1.54) is 7.11 Å². The monoisotopic (exact) mass is 251 g/mol. The van der Waals surface area contributed by atoms with Gasteiger partial charge in [-0.15, -0.1) is 0 Å². The van der Waals surface area contributed by atoms with E-state index in [2.05, 4.69) is 0 Å². The molecule has 0 saturated carbocycles. The van der Waals surface area contributed by atoms with Crippen LogP contribution in [0.4, 0.5) is 0 Å². The first-order valence-electron chi connectivity index (χ1n) is 4.98. The summed E-state index contributed by atoms with van der Waals surface area (Å²) >= 11 is 0. The third-order valence-corrected chi connectivity index (χ3v) is 3.39. The van der Waals surface area contributed by atoms with Crippen molar-refractivity contribution in [2.75, 3.05) is 14.2 Å². The van der Waals surface area contributed by atoms with E-state index in [9.17, 15) is 4.21 Å². The Balaban J connectivity index is 2.77. The largest absolute Gasteiger partial charge is 0.497 e. The number of methoxy groups -OCH3 is 2.